The van der Waals surface area contributed by atoms with E-state index in [2.05, 4.69) is 43.5 Å². The molecular weight excluding hydrogens is 342 g/mol. The molecule has 0 aliphatic heterocycles. The van der Waals surface area contributed by atoms with Gasteiger partial charge in [-0.2, -0.15) is 0 Å². The Morgan fingerprint density at radius 1 is 1.47 bits per heavy atom. The summed E-state index contributed by atoms with van der Waals surface area (Å²) in [6.45, 7) is 2.87. The number of hydrogen-bond donors (Lipinski definition) is 1. The summed E-state index contributed by atoms with van der Waals surface area (Å²) in [6, 6.07) is 6.14. The van der Waals surface area contributed by atoms with Crippen LogP contribution in [0, 0.1) is 4.77 Å². The first-order valence-corrected chi connectivity index (χ1v) is 8.01. The summed E-state index contributed by atoms with van der Waals surface area (Å²) in [5, 5.41) is 1.09. The topological polar surface area (TPSA) is 33.6 Å². The van der Waals surface area contributed by atoms with Gasteiger partial charge in [-0.25, -0.2) is 4.98 Å². The molecule has 0 saturated heterocycles. The van der Waals surface area contributed by atoms with Gasteiger partial charge in [0.15, 0.2) is 4.77 Å². The van der Waals surface area contributed by atoms with E-state index >= 15 is 0 Å². The molecule has 1 N–H and O–H groups in total. The first-order chi connectivity index (χ1) is 9.17. The number of halogens is 1. The minimum atomic E-state index is 0.727. The highest BCUT2D eigenvalue weighted by molar-refractivity contribution is 9.10. The number of aromatic amines is 1. The van der Waals surface area contributed by atoms with Crippen LogP contribution in [0.4, 0.5) is 0 Å². The van der Waals surface area contributed by atoms with E-state index in [0.29, 0.717) is 0 Å². The molecule has 0 fully saturated rings. The van der Waals surface area contributed by atoms with Crippen molar-refractivity contribution in [3.05, 3.63) is 43.5 Å². The lowest BCUT2D eigenvalue weighted by molar-refractivity contribution is 0.803. The van der Waals surface area contributed by atoms with Gasteiger partial charge in [0.1, 0.15) is 5.01 Å². The lowest BCUT2D eigenvalue weighted by Gasteiger charge is -2.01. The molecule has 0 aliphatic rings. The van der Waals surface area contributed by atoms with Gasteiger partial charge in [-0.15, -0.1) is 11.3 Å². The maximum atomic E-state index is 5.40. The molecule has 0 saturated carbocycles. The third-order valence-electron chi connectivity index (χ3n) is 2.98. The minimum Gasteiger partial charge on any atom is -0.331 e. The average Bonchev–Trinajstić information content (AvgIpc) is 2.95. The summed E-state index contributed by atoms with van der Waals surface area (Å²) in [6.07, 6.45) is 2.99. The summed E-state index contributed by atoms with van der Waals surface area (Å²) in [4.78, 5) is 9.00. The fourth-order valence-corrected chi connectivity index (χ4v) is 3.50. The van der Waals surface area contributed by atoms with Crippen molar-refractivity contribution in [3.8, 4) is 0 Å². The monoisotopic (exact) mass is 353 g/mol. The zero-order valence-corrected chi connectivity index (χ0v) is 13.5. The molecule has 0 aliphatic carbocycles. The number of thiazole rings is 1. The Hall–Kier alpha value is -0.980. The number of nitrogens with zero attached hydrogens (tertiary/aromatic N) is 2. The Labute approximate surface area is 128 Å². The molecule has 1 aromatic carbocycles. The SMILES string of the molecule is CCc1cnc(Cn2c(=S)[nH]c3cc(Br)ccc32)s1. The summed E-state index contributed by atoms with van der Waals surface area (Å²) in [7, 11) is 0. The smallest absolute Gasteiger partial charge is 0.178 e. The predicted octanol–water partition coefficient (Wildman–Crippen LogP) is 4.53. The standard InChI is InChI=1S/C13H12BrN3S2/c1-2-9-6-15-12(19-9)7-17-11-4-3-8(14)5-10(11)16-13(17)18/h3-6H,2,7H2,1H3,(H,16,18). The molecule has 19 heavy (non-hydrogen) atoms. The second-order valence-corrected chi connectivity index (χ2v) is 6.75. The molecule has 0 bridgehead atoms. The molecule has 0 unspecified atom stereocenters. The van der Waals surface area contributed by atoms with Crippen LogP contribution < -0.4 is 0 Å². The van der Waals surface area contributed by atoms with Crippen molar-refractivity contribution in [2.45, 2.75) is 19.9 Å². The van der Waals surface area contributed by atoms with Crippen LogP contribution in [0.3, 0.4) is 0 Å². The van der Waals surface area contributed by atoms with Crippen LogP contribution >= 0.6 is 39.5 Å². The van der Waals surface area contributed by atoms with Crippen molar-refractivity contribution in [1.29, 1.82) is 0 Å². The second kappa shape index (κ2) is 5.19. The van der Waals surface area contributed by atoms with Crippen molar-refractivity contribution in [2.24, 2.45) is 0 Å². The lowest BCUT2D eigenvalue weighted by atomic mass is 10.3. The van der Waals surface area contributed by atoms with Gasteiger partial charge in [0.05, 0.1) is 17.6 Å². The fourth-order valence-electron chi connectivity index (χ4n) is 2.01. The van der Waals surface area contributed by atoms with E-state index in [1.165, 1.54) is 4.88 Å². The van der Waals surface area contributed by atoms with Crippen molar-refractivity contribution >= 4 is 50.5 Å². The van der Waals surface area contributed by atoms with Crippen molar-refractivity contribution in [2.75, 3.05) is 0 Å². The lowest BCUT2D eigenvalue weighted by Crippen LogP contribution is -1.98. The Balaban J connectivity index is 2.05. The molecule has 2 heterocycles. The number of hydrogen-bond acceptors (Lipinski definition) is 3. The third-order valence-corrected chi connectivity index (χ3v) is 4.92. The molecule has 3 nitrogen and oxygen atoms in total. The van der Waals surface area contributed by atoms with Gasteiger partial charge in [0.25, 0.3) is 0 Å². The molecule has 0 atom stereocenters. The van der Waals surface area contributed by atoms with E-state index in [1.54, 1.807) is 11.3 Å². The molecular formula is C13H12BrN3S2. The molecule has 6 heteroatoms. The minimum absolute atomic E-state index is 0.727. The Bertz CT molecular complexity index is 785. The summed E-state index contributed by atoms with van der Waals surface area (Å²) < 4.78 is 3.88. The largest absolute Gasteiger partial charge is 0.331 e. The normalized spacial score (nSPS) is 11.3. The maximum Gasteiger partial charge on any atom is 0.178 e. The Morgan fingerprint density at radius 2 is 2.32 bits per heavy atom. The van der Waals surface area contributed by atoms with Gasteiger partial charge in [-0.3, -0.25) is 0 Å². The van der Waals surface area contributed by atoms with E-state index in [0.717, 1.165) is 38.3 Å². The number of H-pyrrole nitrogens is 1. The first-order valence-electron chi connectivity index (χ1n) is 5.99. The molecule has 3 aromatic rings. The number of rotatable bonds is 3. The quantitative estimate of drug-likeness (QED) is 0.701. The highest BCUT2D eigenvalue weighted by Crippen LogP contribution is 2.22. The first kappa shape index (κ1) is 13.0. The van der Waals surface area contributed by atoms with Crippen LogP contribution in [0.15, 0.2) is 28.9 Å². The number of aromatic nitrogens is 3. The molecule has 98 valence electrons. The van der Waals surface area contributed by atoms with Crippen molar-refractivity contribution < 1.29 is 0 Å². The van der Waals surface area contributed by atoms with Crippen molar-refractivity contribution in [3.63, 3.8) is 0 Å². The summed E-state index contributed by atoms with van der Waals surface area (Å²) in [5.74, 6) is 0. The predicted molar refractivity (Wildman–Crippen MR) is 85.4 cm³/mol. The van der Waals surface area contributed by atoms with E-state index in [-0.39, 0.29) is 0 Å². The van der Waals surface area contributed by atoms with Gasteiger partial charge < -0.3 is 9.55 Å². The number of fused-ring (bicyclic) bond motifs is 1. The molecule has 0 spiro atoms. The van der Waals surface area contributed by atoms with Crippen LogP contribution in [0.1, 0.15) is 16.8 Å². The number of imidazole rings is 1. The Morgan fingerprint density at radius 3 is 3.05 bits per heavy atom. The van der Waals surface area contributed by atoms with Gasteiger partial charge in [0.2, 0.25) is 0 Å². The third kappa shape index (κ3) is 2.52. The Kier molecular flexibility index (Phi) is 3.56. The molecule has 2 aromatic heterocycles. The molecule has 3 rings (SSSR count). The van der Waals surface area contributed by atoms with Gasteiger partial charge in [0, 0.05) is 15.5 Å². The maximum absolute atomic E-state index is 5.40. The molecule has 0 amide bonds. The van der Waals surface area contributed by atoms with Crippen molar-refractivity contribution in [1.82, 2.24) is 14.5 Å². The van der Waals surface area contributed by atoms with Crippen LogP contribution in [-0.4, -0.2) is 14.5 Å². The molecule has 0 radical (unpaired) electrons. The van der Waals surface area contributed by atoms with Crippen LogP contribution in [0.2, 0.25) is 0 Å². The summed E-state index contributed by atoms with van der Waals surface area (Å²) >= 11 is 10.6. The van der Waals surface area contributed by atoms with Gasteiger partial charge >= 0.3 is 0 Å². The van der Waals surface area contributed by atoms with Crippen LogP contribution in [0.25, 0.3) is 11.0 Å². The van der Waals surface area contributed by atoms with E-state index in [9.17, 15) is 0 Å². The zero-order chi connectivity index (χ0) is 13.4. The van der Waals surface area contributed by atoms with Crippen LogP contribution in [0.5, 0.6) is 0 Å². The zero-order valence-electron chi connectivity index (χ0n) is 10.3. The van der Waals surface area contributed by atoms with E-state index in [4.69, 9.17) is 12.2 Å². The van der Waals surface area contributed by atoms with Crippen LogP contribution in [-0.2, 0) is 13.0 Å². The summed E-state index contributed by atoms with van der Waals surface area (Å²) in [5.41, 5.74) is 2.16. The highest BCUT2D eigenvalue weighted by Gasteiger charge is 2.08. The fraction of sp³-hybridized carbons (Fsp3) is 0.231. The second-order valence-electron chi connectivity index (χ2n) is 4.25. The number of nitrogens with one attached hydrogen (secondary N) is 1. The number of aryl methyl sites for hydroxylation is 1. The van der Waals surface area contributed by atoms with E-state index in [1.807, 2.05) is 18.3 Å². The van der Waals surface area contributed by atoms with Gasteiger partial charge in [-0.05, 0) is 36.8 Å². The highest BCUT2D eigenvalue weighted by atomic mass is 79.9. The van der Waals surface area contributed by atoms with E-state index < -0.39 is 0 Å². The number of benzene rings is 1. The van der Waals surface area contributed by atoms with Gasteiger partial charge in [-0.1, -0.05) is 22.9 Å². The average molecular weight is 354 g/mol.